The van der Waals surface area contributed by atoms with Crippen molar-refractivity contribution in [2.24, 2.45) is 5.73 Å². The molecule has 4 N–H and O–H groups in total. The van der Waals surface area contributed by atoms with Gasteiger partial charge in [0.1, 0.15) is 0 Å². The molecule has 1 aromatic carbocycles. The van der Waals surface area contributed by atoms with Crippen LogP contribution in [0.25, 0.3) is 0 Å². The van der Waals surface area contributed by atoms with Crippen molar-refractivity contribution in [2.75, 3.05) is 33.4 Å². The summed E-state index contributed by atoms with van der Waals surface area (Å²) >= 11 is 0. The molecule has 0 atom stereocenters. The van der Waals surface area contributed by atoms with E-state index >= 15 is 0 Å². The maximum Gasteiger partial charge on any atom is 0.251 e. The van der Waals surface area contributed by atoms with Crippen LogP contribution in [-0.4, -0.2) is 45.2 Å². The van der Waals surface area contributed by atoms with E-state index in [1.807, 2.05) is 0 Å². The zero-order valence-corrected chi connectivity index (χ0v) is 11.9. The fraction of sp³-hybridized carbons (Fsp3) is 0.333. The van der Waals surface area contributed by atoms with Crippen molar-refractivity contribution in [3.63, 3.8) is 0 Å². The summed E-state index contributed by atoms with van der Waals surface area (Å²) in [5.74, 6) is 5.03. The molecule has 1 rings (SSSR count). The summed E-state index contributed by atoms with van der Waals surface area (Å²) in [4.78, 5) is 23.2. The summed E-state index contributed by atoms with van der Waals surface area (Å²) in [6.07, 6.45) is 0. The number of rotatable bonds is 6. The Kier molecular flexibility index (Phi) is 7.58. The number of nitrogens with two attached hydrogens (primary N) is 1. The number of amides is 2. The zero-order chi connectivity index (χ0) is 15.5. The number of benzene rings is 1. The van der Waals surface area contributed by atoms with Crippen LogP contribution < -0.4 is 16.4 Å². The molecule has 0 aliphatic heterocycles. The van der Waals surface area contributed by atoms with Crippen molar-refractivity contribution in [3.8, 4) is 11.8 Å². The number of carbonyl (C=O) groups excluding carboxylic acids is 2. The number of hydrogen-bond acceptors (Lipinski definition) is 4. The SMILES string of the molecule is COCCNC(=O)CNC(=O)c1ccc(C#CCN)cc1. The average Bonchev–Trinajstić information content (AvgIpc) is 2.51. The maximum atomic E-state index is 11.8. The van der Waals surface area contributed by atoms with Gasteiger partial charge in [0, 0.05) is 24.8 Å². The number of methoxy groups -OCH3 is 1. The Balaban J connectivity index is 2.43. The van der Waals surface area contributed by atoms with E-state index in [0.29, 0.717) is 25.3 Å². The molecule has 0 aromatic heterocycles. The molecular formula is C15H19N3O3. The maximum absolute atomic E-state index is 11.8. The van der Waals surface area contributed by atoms with Crippen LogP contribution in [0.1, 0.15) is 15.9 Å². The van der Waals surface area contributed by atoms with Gasteiger partial charge in [0.15, 0.2) is 0 Å². The molecule has 0 heterocycles. The first kappa shape index (κ1) is 16.7. The first-order chi connectivity index (χ1) is 10.2. The molecule has 1 aromatic rings. The summed E-state index contributed by atoms with van der Waals surface area (Å²) in [5, 5.41) is 5.15. The number of hydrogen-bond donors (Lipinski definition) is 3. The van der Waals surface area contributed by atoms with Gasteiger partial charge in [-0.15, -0.1) is 0 Å². The molecule has 0 saturated heterocycles. The van der Waals surface area contributed by atoms with Crippen LogP contribution >= 0.6 is 0 Å². The predicted octanol–water partition coefficient (Wildman–Crippen LogP) is -0.511. The highest BCUT2D eigenvalue weighted by Gasteiger charge is 2.07. The largest absolute Gasteiger partial charge is 0.383 e. The Morgan fingerprint density at radius 1 is 1.24 bits per heavy atom. The third-order valence-electron chi connectivity index (χ3n) is 2.52. The van der Waals surface area contributed by atoms with E-state index in [1.165, 1.54) is 0 Å². The van der Waals surface area contributed by atoms with Crippen molar-refractivity contribution >= 4 is 11.8 Å². The van der Waals surface area contributed by atoms with Gasteiger partial charge in [-0.1, -0.05) is 11.8 Å². The fourth-order valence-electron chi connectivity index (χ4n) is 1.48. The highest BCUT2D eigenvalue weighted by atomic mass is 16.5. The van der Waals surface area contributed by atoms with E-state index in [1.54, 1.807) is 31.4 Å². The van der Waals surface area contributed by atoms with Gasteiger partial charge in [-0.25, -0.2) is 0 Å². The molecule has 21 heavy (non-hydrogen) atoms. The normalized spacial score (nSPS) is 9.43. The van der Waals surface area contributed by atoms with Crippen molar-refractivity contribution in [1.82, 2.24) is 10.6 Å². The zero-order valence-electron chi connectivity index (χ0n) is 11.9. The van der Waals surface area contributed by atoms with Crippen LogP contribution in [-0.2, 0) is 9.53 Å². The molecule has 0 unspecified atom stereocenters. The molecule has 112 valence electrons. The molecule has 0 bridgehead atoms. The van der Waals surface area contributed by atoms with Gasteiger partial charge in [0.25, 0.3) is 5.91 Å². The van der Waals surface area contributed by atoms with E-state index in [0.717, 1.165) is 5.56 Å². The Hall–Kier alpha value is -2.36. The van der Waals surface area contributed by atoms with Gasteiger partial charge in [0.2, 0.25) is 5.91 Å². The molecule has 0 radical (unpaired) electrons. The summed E-state index contributed by atoms with van der Waals surface area (Å²) in [7, 11) is 1.55. The van der Waals surface area contributed by atoms with Gasteiger partial charge >= 0.3 is 0 Å². The van der Waals surface area contributed by atoms with Gasteiger partial charge in [-0.2, -0.15) is 0 Å². The standard InChI is InChI=1S/C15H19N3O3/c1-21-10-9-17-14(19)11-18-15(20)13-6-4-12(5-7-13)3-2-8-16/h4-7H,8-11,16H2,1H3,(H,17,19)(H,18,20). The third kappa shape index (κ3) is 6.56. The second kappa shape index (κ2) is 9.53. The molecule has 6 nitrogen and oxygen atoms in total. The Labute approximate surface area is 124 Å². The van der Waals surface area contributed by atoms with Crippen LogP contribution in [0, 0.1) is 11.8 Å². The second-order valence-electron chi connectivity index (χ2n) is 4.11. The van der Waals surface area contributed by atoms with Crippen LogP contribution in [0.2, 0.25) is 0 Å². The molecule has 2 amide bonds. The lowest BCUT2D eigenvalue weighted by molar-refractivity contribution is -0.120. The first-order valence-electron chi connectivity index (χ1n) is 6.50. The van der Waals surface area contributed by atoms with Gasteiger partial charge in [-0.3, -0.25) is 9.59 Å². The third-order valence-corrected chi connectivity index (χ3v) is 2.52. The van der Waals surface area contributed by atoms with E-state index in [-0.39, 0.29) is 18.4 Å². The van der Waals surface area contributed by atoms with Crippen molar-refractivity contribution in [1.29, 1.82) is 0 Å². The summed E-state index contributed by atoms with van der Waals surface area (Å²) < 4.78 is 4.81. The molecule has 0 aliphatic carbocycles. The lowest BCUT2D eigenvalue weighted by Crippen LogP contribution is -2.38. The van der Waals surface area contributed by atoms with Crippen LogP contribution in [0.3, 0.4) is 0 Å². The number of nitrogens with one attached hydrogen (secondary N) is 2. The molecule has 0 fully saturated rings. The molecule has 0 spiro atoms. The summed E-state index contributed by atoms with van der Waals surface area (Å²) in [5.41, 5.74) is 6.54. The summed E-state index contributed by atoms with van der Waals surface area (Å²) in [6.45, 7) is 1.07. The van der Waals surface area contributed by atoms with Crippen molar-refractivity contribution < 1.29 is 14.3 Å². The van der Waals surface area contributed by atoms with E-state index in [4.69, 9.17) is 10.5 Å². The monoisotopic (exact) mass is 289 g/mol. The molecule has 6 heteroatoms. The minimum Gasteiger partial charge on any atom is -0.383 e. The quantitative estimate of drug-likeness (QED) is 0.486. The molecule has 0 aliphatic rings. The highest BCUT2D eigenvalue weighted by molar-refractivity contribution is 5.96. The fourth-order valence-corrected chi connectivity index (χ4v) is 1.48. The highest BCUT2D eigenvalue weighted by Crippen LogP contribution is 2.03. The van der Waals surface area contributed by atoms with E-state index in [9.17, 15) is 9.59 Å². The minimum absolute atomic E-state index is 0.0721. The average molecular weight is 289 g/mol. The minimum atomic E-state index is -0.310. The van der Waals surface area contributed by atoms with Gasteiger partial charge in [-0.05, 0) is 24.3 Å². The van der Waals surface area contributed by atoms with E-state index < -0.39 is 0 Å². The van der Waals surface area contributed by atoms with Gasteiger partial charge in [0.05, 0.1) is 19.7 Å². The number of carbonyl (C=O) groups is 2. The smallest absolute Gasteiger partial charge is 0.251 e. The van der Waals surface area contributed by atoms with Crippen LogP contribution in [0.4, 0.5) is 0 Å². The van der Waals surface area contributed by atoms with E-state index in [2.05, 4.69) is 22.5 Å². The summed E-state index contributed by atoms with van der Waals surface area (Å²) in [6, 6.07) is 6.77. The lowest BCUT2D eigenvalue weighted by atomic mass is 10.1. The molecular weight excluding hydrogens is 270 g/mol. The lowest BCUT2D eigenvalue weighted by Gasteiger charge is -2.06. The predicted molar refractivity (Wildman–Crippen MR) is 79.6 cm³/mol. The van der Waals surface area contributed by atoms with Crippen molar-refractivity contribution in [3.05, 3.63) is 35.4 Å². The molecule has 0 saturated carbocycles. The second-order valence-corrected chi connectivity index (χ2v) is 4.11. The van der Waals surface area contributed by atoms with Crippen LogP contribution in [0.5, 0.6) is 0 Å². The van der Waals surface area contributed by atoms with Crippen molar-refractivity contribution in [2.45, 2.75) is 0 Å². The number of ether oxygens (including phenoxy) is 1. The Bertz CT molecular complexity index is 529. The van der Waals surface area contributed by atoms with Crippen LogP contribution in [0.15, 0.2) is 24.3 Å². The van der Waals surface area contributed by atoms with Gasteiger partial charge < -0.3 is 21.1 Å². The topological polar surface area (TPSA) is 93.5 Å². The first-order valence-corrected chi connectivity index (χ1v) is 6.50. The Morgan fingerprint density at radius 2 is 1.95 bits per heavy atom. The Morgan fingerprint density at radius 3 is 2.57 bits per heavy atom.